The highest BCUT2D eigenvalue weighted by molar-refractivity contribution is 6.21. The lowest BCUT2D eigenvalue weighted by molar-refractivity contribution is 0.0638. The van der Waals surface area contributed by atoms with Crippen LogP contribution in [0.1, 0.15) is 27.1 Å². The van der Waals surface area contributed by atoms with Crippen LogP contribution in [0.15, 0.2) is 18.2 Å². The first-order valence-corrected chi connectivity index (χ1v) is 7.61. The predicted molar refractivity (Wildman–Crippen MR) is 87.2 cm³/mol. The lowest BCUT2D eigenvalue weighted by atomic mass is 10.1. The Labute approximate surface area is 140 Å². The van der Waals surface area contributed by atoms with Crippen LogP contribution in [-0.4, -0.2) is 63.3 Å². The van der Waals surface area contributed by atoms with Crippen molar-refractivity contribution >= 4 is 23.5 Å². The van der Waals surface area contributed by atoms with Crippen molar-refractivity contribution in [3.8, 4) is 0 Å². The van der Waals surface area contributed by atoms with Crippen molar-refractivity contribution in [2.75, 3.05) is 45.8 Å². The molecule has 4 amide bonds. The molecule has 0 aliphatic carbocycles. The van der Waals surface area contributed by atoms with Crippen LogP contribution < -0.4 is 10.6 Å². The molecule has 130 valence electrons. The van der Waals surface area contributed by atoms with Crippen LogP contribution in [0.2, 0.25) is 0 Å². The van der Waals surface area contributed by atoms with Gasteiger partial charge in [0.2, 0.25) is 0 Å². The van der Waals surface area contributed by atoms with Gasteiger partial charge in [-0.05, 0) is 24.6 Å². The second-order valence-corrected chi connectivity index (χ2v) is 5.24. The molecular formula is C16H21N3O5. The van der Waals surface area contributed by atoms with Gasteiger partial charge < -0.3 is 20.1 Å². The van der Waals surface area contributed by atoms with E-state index in [0.29, 0.717) is 49.5 Å². The minimum Gasteiger partial charge on any atom is -0.385 e. The maximum Gasteiger partial charge on any atom is 0.319 e. The molecule has 8 nitrogen and oxygen atoms in total. The van der Waals surface area contributed by atoms with Gasteiger partial charge in [-0.1, -0.05) is 0 Å². The van der Waals surface area contributed by atoms with Crippen LogP contribution in [0.3, 0.4) is 0 Å². The van der Waals surface area contributed by atoms with Crippen molar-refractivity contribution < 1.29 is 23.9 Å². The third-order valence-electron chi connectivity index (χ3n) is 3.55. The van der Waals surface area contributed by atoms with Gasteiger partial charge >= 0.3 is 6.03 Å². The number of imide groups is 1. The molecule has 0 radical (unpaired) electrons. The van der Waals surface area contributed by atoms with Gasteiger partial charge in [0.05, 0.1) is 17.7 Å². The van der Waals surface area contributed by atoms with Crippen molar-refractivity contribution in [3.05, 3.63) is 29.3 Å². The lowest BCUT2D eigenvalue weighted by Crippen LogP contribution is -2.31. The normalized spacial score (nSPS) is 13.2. The first-order chi connectivity index (χ1) is 11.6. The molecule has 8 heteroatoms. The van der Waals surface area contributed by atoms with E-state index in [0.717, 1.165) is 0 Å². The fourth-order valence-corrected chi connectivity index (χ4v) is 2.38. The number of rotatable bonds is 8. The van der Waals surface area contributed by atoms with Crippen LogP contribution in [-0.2, 0) is 9.47 Å². The van der Waals surface area contributed by atoms with Crippen molar-refractivity contribution in [2.45, 2.75) is 6.42 Å². The summed E-state index contributed by atoms with van der Waals surface area (Å²) in [7, 11) is 3.11. The predicted octanol–water partition coefficient (Wildman–Crippen LogP) is 1.09. The van der Waals surface area contributed by atoms with Gasteiger partial charge in [0.15, 0.2) is 0 Å². The molecular weight excluding hydrogens is 314 g/mol. The molecule has 0 spiro atoms. The number of urea groups is 1. The Kier molecular flexibility index (Phi) is 6.28. The second kappa shape index (κ2) is 8.42. The monoisotopic (exact) mass is 335 g/mol. The summed E-state index contributed by atoms with van der Waals surface area (Å²) in [6.45, 7) is 1.56. The molecule has 0 saturated carbocycles. The number of anilines is 1. The molecule has 0 fully saturated rings. The number of hydrogen-bond acceptors (Lipinski definition) is 5. The largest absolute Gasteiger partial charge is 0.385 e. The number of nitrogens with one attached hydrogen (secondary N) is 2. The van der Waals surface area contributed by atoms with Crippen LogP contribution in [0.25, 0.3) is 0 Å². The average Bonchev–Trinajstić information content (AvgIpc) is 2.80. The fourth-order valence-electron chi connectivity index (χ4n) is 2.38. The van der Waals surface area contributed by atoms with Crippen molar-refractivity contribution in [1.82, 2.24) is 10.2 Å². The fraction of sp³-hybridized carbons (Fsp3) is 0.438. The Balaban J connectivity index is 2.03. The van der Waals surface area contributed by atoms with E-state index in [1.807, 2.05) is 0 Å². The first-order valence-electron chi connectivity index (χ1n) is 7.61. The summed E-state index contributed by atoms with van der Waals surface area (Å²) in [5.74, 6) is -0.670. The molecule has 0 aromatic heterocycles. The Bertz CT molecular complexity index is 632. The molecule has 1 aliphatic heterocycles. The molecule has 2 N–H and O–H groups in total. The van der Waals surface area contributed by atoms with Crippen molar-refractivity contribution in [3.63, 3.8) is 0 Å². The highest BCUT2D eigenvalue weighted by Crippen LogP contribution is 2.26. The molecule has 0 saturated heterocycles. The molecule has 1 heterocycles. The quantitative estimate of drug-likeness (QED) is 0.547. The molecule has 2 rings (SSSR count). The molecule has 1 aliphatic rings. The number of carbonyl (C=O) groups excluding carboxylic acids is 3. The van der Waals surface area contributed by atoms with Gasteiger partial charge in [0.25, 0.3) is 11.8 Å². The molecule has 1 aromatic carbocycles. The second-order valence-electron chi connectivity index (χ2n) is 5.24. The molecule has 0 bridgehead atoms. The third kappa shape index (κ3) is 4.09. The molecule has 24 heavy (non-hydrogen) atoms. The zero-order chi connectivity index (χ0) is 17.5. The summed E-state index contributed by atoms with van der Waals surface area (Å²) in [4.78, 5) is 37.5. The summed E-state index contributed by atoms with van der Waals surface area (Å²) in [5.41, 5.74) is 1.10. The highest BCUT2D eigenvalue weighted by Gasteiger charge is 2.35. The lowest BCUT2D eigenvalue weighted by Gasteiger charge is -2.12. The highest BCUT2D eigenvalue weighted by atomic mass is 16.5. The third-order valence-corrected chi connectivity index (χ3v) is 3.55. The van der Waals surface area contributed by atoms with Crippen LogP contribution in [0.5, 0.6) is 0 Å². The van der Waals surface area contributed by atoms with E-state index in [9.17, 15) is 14.4 Å². The number of nitrogens with zero attached hydrogens (tertiary/aromatic N) is 1. The molecule has 1 aromatic rings. The summed E-state index contributed by atoms with van der Waals surface area (Å²) in [6, 6.07) is 4.26. The van der Waals surface area contributed by atoms with Crippen LogP contribution in [0, 0.1) is 0 Å². The van der Waals surface area contributed by atoms with Gasteiger partial charge in [0, 0.05) is 39.6 Å². The SMILES string of the molecule is COCCCN1C(=O)c2ccc(NC(=O)NCCOC)cc2C1=O. The topological polar surface area (TPSA) is 97.0 Å². The summed E-state index contributed by atoms with van der Waals surface area (Å²) in [5, 5.41) is 5.24. The zero-order valence-electron chi connectivity index (χ0n) is 13.8. The standard InChI is InChI=1S/C16H21N3O5/c1-23-8-3-7-19-14(20)12-5-4-11(10-13(12)15(19)21)18-16(22)17-6-9-24-2/h4-5,10H,3,6-9H2,1-2H3,(H2,17,18,22). The van der Waals surface area contributed by atoms with Gasteiger partial charge in [-0.2, -0.15) is 0 Å². The van der Waals surface area contributed by atoms with Crippen LogP contribution in [0.4, 0.5) is 10.5 Å². The number of fused-ring (bicyclic) bond motifs is 1. The van der Waals surface area contributed by atoms with Gasteiger partial charge in [-0.15, -0.1) is 0 Å². The van der Waals surface area contributed by atoms with Crippen LogP contribution >= 0.6 is 0 Å². The van der Waals surface area contributed by atoms with E-state index in [1.54, 1.807) is 26.4 Å². The van der Waals surface area contributed by atoms with E-state index in [4.69, 9.17) is 9.47 Å². The minimum atomic E-state index is -0.402. The number of benzene rings is 1. The zero-order valence-corrected chi connectivity index (χ0v) is 13.8. The van der Waals surface area contributed by atoms with Gasteiger partial charge in [-0.3, -0.25) is 14.5 Å². The first kappa shape index (κ1) is 17.9. The van der Waals surface area contributed by atoms with E-state index in [-0.39, 0.29) is 11.8 Å². The summed E-state index contributed by atoms with van der Waals surface area (Å²) >= 11 is 0. The number of methoxy groups -OCH3 is 2. The Hall–Kier alpha value is -2.45. The molecule has 0 unspecified atom stereocenters. The van der Waals surface area contributed by atoms with E-state index in [2.05, 4.69) is 10.6 Å². The maximum absolute atomic E-state index is 12.4. The van der Waals surface area contributed by atoms with Gasteiger partial charge in [-0.25, -0.2) is 4.79 Å². The Morgan fingerprint density at radius 3 is 2.50 bits per heavy atom. The Morgan fingerprint density at radius 2 is 1.79 bits per heavy atom. The smallest absolute Gasteiger partial charge is 0.319 e. The van der Waals surface area contributed by atoms with Crippen molar-refractivity contribution in [1.29, 1.82) is 0 Å². The van der Waals surface area contributed by atoms with Gasteiger partial charge in [0.1, 0.15) is 0 Å². The van der Waals surface area contributed by atoms with Crippen molar-refractivity contribution in [2.24, 2.45) is 0 Å². The number of ether oxygens (including phenoxy) is 2. The summed E-state index contributed by atoms with van der Waals surface area (Å²) in [6.07, 6.45) is 0.578. The number of hydrogen-bond donors (Lipinski definition) is 2. The minimum absolute atomic E-state index is 0.298. The molecule has 0 atom stereocenters. The van der Waals surface area contributed by atoms with E-state index >= 15 is 0 Å². The number of amides is 4. The summed E-state index contributed by atoms with van der Waals surface area (Å²) < 4.78 is 9.78. The Morgan fingerprint density at radius 1 is 1.08 bits per heavy atom. The number of carbonyl (C=O) groups is 3. The average molecular weight is 335 g/mol. The van der Waals surface area contributed by atoms with E-state index < -0.39 is 6.03 Å². The maximum atomic E-state index is 12.4. The van der Waals surface area contributed by atoms with E-state index in [1.165, 1.54) is 11.0 Å².